The number of nitrogens with zero attached hydrogens (tertiary/aromatic N) is 4. The molecule has 2 heterocycles. The van der Waals surface area contributed by atoms with Crippen LogP contribution < -0.4 is 4.90 Å². The van der Waals surface area contributed by atoms with Crippen molar-refractivity contribution in [1.29, 1.82) is 0 Å². The minimum absolute atomic E-state index is 0.140. The molecule has 0 radical (unpaired) electrons. The molecule has 0 spiro atoms. The van der Waals surface area contributed by atoms with Gasteiger partial charge in [-0.05, 0) is 86.6 Å². The lowest BCUT2D eigenvalue weighted by atomic mass is 10.1. The Labute approximate surface area is 240 Å². The fourth-order valence-electron chi connectivity index (χ4n) is 3.87. The number of hydrogen-bond acceptors (Lipinski definition) is 10. The van der Waals surface area contributed by atoms with Gasteiger partial charge in [0.05, 0.1) is 21.2 Å². The molecule has 13 heteroatoms. The number of ether oxygens (including phenoxy) is 2. The summed E-state index contributed by atoms with van der Waals surface area (Å²) in [6.45, 7) is 13.7. The zero-order valence-electron chi connectivity index (χ0n) is 23.2. The third-order valence-corrected chi connectivity index (χ3v) is 6.10. The number of anilines is 1. The molecule has 1 aliphatic carbocycles. The van der Waals surface area contributed by atoms with Gasteiger partial charge >= 0.3 is 12.2 Å². The highest BCUT2D eigenvalue weighted by Crippen LogP contribution is 2.38. The second kappa shape index (κ2) is 13.1. The monoisotopic (exact) mass is 666 g/mol. The molecule has 2 atom stereocenters. The molecule has 11 nitrogen and oxygen atoms in total. The lowest BCUT2D eigenvalue weighted by Gasteiger charge is -2.28. The van der Waals surface area contributed by atoms with Gasteiger partial charge in [-0.15, -0.1) is 0 Å². The van der Waals surface area contributed by atoms with Crippen LogP contribution in [0.25, 0.3) is 11.0 Å². The average molecular weight is 667 g/mol. The first kappa shape index (κ1) is 32.5. The predicted octanol–water partition coefficient (Wildman–Crippen LogP) is 6.17. The summed E-state index contributed by atoms with van der Waals surface area (Å²) in [5.41, 5.74) is -0.939. The van der Waals surface area contributed by atoms with Gasteiger partial charge in [0, 0.05) is 33.4 Å². The Balaban J connectivity index is 0.000000926. The van der Waals surface area contributed by atoms with E-state index >= 15 is 0 Å². The van der Waals surface area contributed by atoms with E-state index in [4.69, 9.17) is 23.9 Å². The minimum Gasteiger partial charge on any atom is -0.443 e. The molecule has 1 saturated carbocycles. The Morgan fingerprint density at radius 3 is 2.11 bits per heavy atom. The summed E-state index contributed by atoms with van der Waals surface area (Å²) in [5, 5.41) is 16.7. The van der Waals surface area contributed by atoms with Crippen LogP contribution in [0, 0.1) is 5.92 Å². The maximum atomic E-state index is 13.1. The fraction of sp³-hybridized carbons (Fsp3) is 0.680. The molecule has 2 unspecified atom stereocenters. The second-order valence-corrected chi connectivity index (χ2v) is 13.1. The van der Waals surface area contributed by atoms with Crippen molar-refractivity contribution in [2.24, 2.45) is 5.92 Å². The van der Waals surface area contributed by atoms with Crippen LogP contribution in [-0.2, 0) is 13.7 Å². The average Bonchev–Trinajstić information content (AvgIpc) is 3.35. The number of aromatic nitrogens is 3. The summed E-state index contributed by atoms with van der Waals surface area (Å²) in [7, 11) is 1.36. The van der Waals surface area contributed by atoms with Gasteiger partial charge in [-0.1, -0.05) is 0 Å². The van der Waals surface area contributed by atoms with E-state index in [1.54, 1.807) is 41.5 Å². The Kier molecular flexibility index (Phi) is 11.2. The molecular weight excluding hydrogens is 627 g/mol. The van der Waals surface area contributed by atoms with Gasteiger partial charge in [0.25, 0.3) is 0 Å². The molecule has 0 saturated heterocycles. The van der Waals surface area contributed by atoms with E-state index < -0.39 is 29.2 Å². The second-order valence-electron chi connectivity index (χ2n) is 11.6. The summed E-state index contributed by atoms with van der Waals surface area (Å²) in [5.74, 6) is -0.877. The molecule has 0 aromatic carbocycles. The summed E-state index contributed by atoms with van der Waals surface area (Å²) in [6, 6.07) is 2.09. The third kappa shape index (κ3) is 10.5. The van der Waals surface area contributed by atoms with Crippen molar-refractivity contribution >= 4 is 59.5 Å². The lowest BCUT2D eigenvalue weighted by Crippen LogP contribution is -2.44. The SMILES string of the molecule is CC(C)(C)OC(=O)N(C(=O)OC(C)(C)C)c1ncnc2c1ccn2C1CCC(COSI)C1.CC(C)(O)O. The maximum Gasteiger partial charge on any atom is 0.425 e. The number of fused-ring (bicyclic) bond motifs is 1. The van der Waals surface area contributed by atoms with Gasteiger partial charge in [-0.25, -0.2) is 19.6 Å². The molecule has 214 valence electrons. The summed E-state index contributed by atoms with van der Waals surface area (Å²) in [6.07, 6.45) is 4.65. The largest absolute Gasteiger partial charge is 0.443 e. The summed E-state index contributed by atoms with van der Waals surface area (Å²) < 4.78 is 18.6. The Bertz CT molecular complexity index is 1060. The molecule has 2 amide bonds. The van der Waals surface area contributed by atoms with Crippen LogP contribution in [0.4, 0.5) is 15.4 Å². The van der Waals surface area contributed by atoms with Gasteiger partial charge in [-0.2, -0.15) is 4.90 Å². The smallest absolute Gasteiger partial charge is 0.425 e. The molecule has 0 aliphatic heterocycles. The van der Waals surface area contributed by atoms with Gasteiger partial charge in [-0.3, -0.25) is 0 Å². The Morgan fingerprint density at radius 2 is 1.61 bits per heavy atom. The topological polar surface area (TPSA) is 136 Å². The summed E-state index contributed by atoms with van der Waals surface area (Å²) in [4.78, 5) is 35.7. The van der Waals surface area contributed by atoms with E-state index in [-0.39, 0.29) is 11.9 Å². The van der Waals surface area contributed by atoms with Crippen molar-refractivity contribution in [2.45, 2.75) is 97.7 Å². The molecule has 1 aliphatic rings. The van der Waals surface area contributed by atoms with Crippen LogP contribution in [0.5, 0.6) is 0 Å². The van der Waals surface area contributed by atoms with Crippen LogP contribution in [0.1, 0.15) is 80.7 Å². The number of carbonyl (C=O) groups is 2. The highest BCUT2D eigenvalue weighted by Gasteiger charge is 2.36. The van der Waals surface area contributed by atoms with Gasteiger partial charge in [0.15, 0.2) is 11.6 Å². The van der Waals surface area contributed by atoms with E-state index in [0.717, 1.165) is 24.2 Å². The zero-order valence-corrected chi connectivity index (χ0v) is 26.2. The van der Waals surface area contributed by atoms with Crippen LogP contribution >= 0.6 is 30.4 Å². The van der Waals surface area contributed by atoms with Crippen LogP contribution in [0.15, 0.2) is 18.6 Å². The first-order valence-corrected chi connectivity index (χ1v) is 15.6. The molecular formula is C25H39IN4O7S. The van der Waals surface area contributed by atoms with E-state index in [1.165, 1.54) is 29.4 Å². The van der Waals surface area contributed by atoms with Crippen molar-refractivity contribution in [3.8, 4) is 0 Å². The van der Waals surface area contributed by atoms with Gasteiger partial charge in [0.2, 0.25) is 0 Å². The van der Waals surface area contributed by atoms with Gasteiger partial charge in [0.1, 0.15) is 23.2 Å². The van der Waals surface area contributed by atoms with Gasteiger partial charge < -0.3 is 28.4 Å². The summed E-state index contributed by atoms with van der Waals surface area (Å²) >= 11 is 2.13. The molecule has 2 aromatic rings. The Morgan fingerprint density at radius 1 is 1.05 bits per heavy atom. The van der Waals surface area contributed by atoms with E-state index in [2.05, 4.69) is 35.7 Å². The van der Waals surface area contributed by atoms with Crippen molar-refractivity contribution in [3.63, 3.8) is 0 Å². The quantitative estimate of drug-likeness (QED) is 0.217. The molecule has 2 N–H and O–H groups in total. The van der Waals surface area contributed by atoms with Crippen molar-refractivity contribution in [2.75, 3.05) is 11.5 Å². The van der Waals surface area contributed by atoms with Crippen LogP contribution in [-0.4, -0.2) is 60.5 Å². The van der Waals surface area contributed by atoms with Crippen LogP contribution in [0.3, 0.4) is 0 Å². The molecule has 3 rings (SSSR count). The number of carbonyl (C=O) groups excluding carboxylic acids is 2. The minimum atomic E-state index is -1.50. The van der Waals surface area contributed by atoms with Crippen LogP contribution in [0.2, 0.25) is 0 Å². The number of rotatable bonds is 5. The fourth-order valence-corrected chi connectivity index (χ4v) is 4.55. The number of hydrogen-bond donors (Lipinski definition) is 2. The first-order chi connectivity index (χ1) is 17.4. The predicted molar refractivity (Wildman–Crippen MR) is 155 cm³/mol. The van der Waals surface area contributed by atoms with E-state index in [9.17, 15) is 9.59 Å². The van der Waals surface area contributed by atoms with E-state index in [0.29, 0.717) is 23.6 Å². The maximum absolute atomic E-state index is 13.1. The number of amides is 2. The van der Waals surface area contributed by atoms with Crippen molar-refractivity contribution in [1.82, 2.24) is 14.5 Å². The zero-order chi connectivity index (χ0) is 28.9. The lowest BCUT2D eigenvalue weighted by molar-refractivity contribution is -0.127. The molecule has 0 bridgehead atoms. The number of halogens is 1. The Hall–Kier alpha value is -1.68. The normalized spacial score (nSPS) is 18.1. The molecule has 38 heavy (non-hydrogen) atoms. The van der Waals surface area contributed by atoms with E-state index in [1.807, 2.05) is 12.3 Å². The number of imide groups is 1. The highest BCUT2D eigenvalue weighted by molar-refractivity contribution is 14.2. The molecule has 1 fully saturated rings. The third-order valence-electron chi connectivity index (χ3n) is 5.11. The van der Waals surface area contributed by atoms with Crippen molar-refractivity contribution in [3.05, 3.63) is 18.6 Å². The standard InChI is InChI=1S/C22H31IN4O5S.C3H8O2/c1-21(2,3)31-19(28)27(20(29)32-22(4,5)6)18-16-9-10-26(17(16)24-13-25-18)15-8-7-14(11-15)12-30-33-23;1-3(2,4)5/h9-10,13-15H,7-8,11-12H2,1-6H3;4-5H,1-2H3. The first-order valence-electron chi connectivity index (χ1n) is 12.3. The number of aliphatic hydroxyl groups is 2. The van der Waals surface area contributed by atoms with Crippen molar-refractivity contribution < 1.29 is 33.5 Å². The molecule has 2 aromatic heterocycles. The highest BCUT2D eigenvalue weighted by atomic mass is 127.